The molecule has 0 unspecified atom stereocenters. The van der Waals surface area contributed by atoms with Crippen molar-refractivity contribution in [3.05, 3.63) is 33.8 Å². The first-order chi connectivity index (χ1) is 7.63. The first-order valence-corrected chi connectivity index (χ1v) is 6.12. The van der Waals surface area contributed by atoms with E-state index < -0.39 is 0 Å². The van der Waals surface area contributed by atoms with Gasteiger partial charge in [-0.15, -0.1) is 0 Å². The van der Waals surface area contributed by atoms with Crippen LogP contribution in [0.4, 0.5) is 0 Å². The van der Waals surface area contributed by atoms with Gasteiger partial charge in [0.05, 0.1) is 10.0 Å². The van der Waals surface area contributed by atoms with Gasteiger partial charge in [-0.3, -0.25) is 0 Å². The van der Waals surface area contributed by atoms with Crippen molar-refractivity contribution >= 4 is 23.2 Å². The molecule has 0 aliphatic heterocycles. The van der Waals surface area contributed by atoms with Crippen LogP contribution in [0.25, 0.3) is 0 Å². The molecule has 0 aliphatic carbocycles. The highest BCUT2D eigenvalue weighted by Crippen LogP contribution is 2.22. The van der Waals surface area contributed by atoms with E-state index in [1.54, 1.807) is 0 Å². The van der Waals surface area contributed by atoms with Crippen LogP contribution in [0.1, 0.15) is 12.0 Å². The van der Waals surface area contributed by atoms with E-state index in [0.29, 0.717) is 10.0 Å². The Morgan fingerprint density at radius 2 is 1.94 bits per heavy atom. The summed E-state index contributed by atoms with van der Waals surface area (Å²) >= 11 is 11.8. The summed E-state index contributed by atoms with van der Waals surface area (Å²) in [6, 6.07) is 5.73. The summed E-state index contributed by atoms with van der Waals surface area (Å²) in [6.07, 6.45) is 1.76. The van der Waals surface area contributed by atoms with Crippen LogP contribution in [0, 0.1) is 0 Å². The highest BCUT2D eigenvalue weighted by atomic mass is 35.5. The lowest BCUT2D eigenvalue weighted by molar-refractivity contribution is 0.248. The van der Waals surface area contributed by atoms with Gasteiger partial charge < -0.3 is 10.0 Å². The highest BCUT2D eigenvalue weighted by Gasteiger charge is 2.02. The van der Waals surface area contributed by atoms with Crippen molar-refractivity contribution in [2.45, 2.75) is 12.8 Å². The van der Waals surface area contributed by atoms with Gasteiger partial charge in [-0.1, -0.05) is 29.3 Å². The third-order valence-electron chi connectivity index (χ3n) is 2.46. The van der Waals surface area contributed by atoms with E-state index in [0.717, 1.165) is 25.9 Å². The van der Waals surface area contributed by atoms with Crippen LogP contribution in [0.2, 0.25) is 10.0 Å². The Labute approximate surface area is 107 Å². The topological polar surface area (TPSA) is 23.5 Å². The van der Waals surface area contributed by atoms with Crippen LogP contribution < -0.4 is 0 Å². The average Bonchev–Trinajstić information content (AvgIpc) is 2.28. The standard InChI is InChI=1S/C12H17Cl2NO/c1-15(6-2-8-16)7-5-10-3-4-11(13)12(14)9-10/h3-4,9,16H,2,5-8H2,1H3. The van der Waals surface area contributed by atoms with Crippen LogP contribution >= 0.6 is 23.2 Å². The Morgan fingerprint density at radius 3 is 2.56 bits per heavy atom. The van der Waals surface area contributed by atoms with E-state index in [1.165, 1.54) is 5.56 Å². The minimum absolute atomic E-state index is 0.247. The van der Waals surface area contributed by atoms with Crippen molar-refractivity contribution in [1.82, 2.24) is 4.90 Å². The molecule has 1 rings (SSSR count). The Kier molecular flexibility index (Phi) is 6.14. The van der Waals surface area contributed by atoms with E-state index in [-0.39, 0.29) is 6.61 Å². The quantitative estimate of drug-likeness (QED) is 0.852. The third kappa shape index (κ3) is 4.71. The number of hydrogen-bond acceptors (Lipinski definition) is 2. The number of hydrogen-bond donors (Lipinski definition) is 1. The van der Waals surface area contributed by atoms with Crippen LogP contribution in [-0.2, 0) is 6.42 Å². The van der Waals surface area contributed by atoms with Crippen LogP contribution in [0.3, 0.4) is 0 Å². The van der Waals surface area contributed by atoms with E-state index in [1.807, 2.05) is 25.2 Å². The van der Waals surface area contributed by atoms with Gasteiger partial charge in [-0.2, -0.15) is 0 Å². The van der Waals surface area contributed by atoms with E-state index >= 15 is 0 Å². The molecule has 0 radical (unpaired) electrons. The molecule has 0 atom stereocenters. The zero-order chi connectivity index (χ0) is 12.0. The Balaban J connectivity index is 2.39. The van der Waals surface area contributed by atoms with Crippen molar-refractivity contribution in [2.75, 3.05) is 26.7 Å². The first-order valence-electron chi connectivity index (χ1n) is 5.37. The molecule has 90 valence electrons. The Hall–Kier alpha value is -0.280. The molecule has 0 saturated heterocycles. The molecular formula is C12H17Cl2NO. The predicted molar refractivity (Wildman–Crippen MR) is 69.4 cm³/mol. The number of rotatable bonds is 6. The summed E-state index contributed by atoms with van der Waals surface area (Å²) in [5, 5.41) is 9.91. The van der Waals surface area contributed by atoms with Gasteiger partial charge in [0, 0.05) is 19.7 Å². The van der Waals surface area contributed by atoms with Gasteiger partial charge in [0.25, 0.3) is 0 Å². The molecule has 1 N–H and O–H groups in total. The number of likely N-dealkylation sites (N-methyl/N-ethyl adjacent to an activating group) is 1. The maximum atomic E-state index is 8.71. The van der Waals surface area contributed by atoms with Gasteiger partial charge in [-0.25, -0.2) is 0 Å². The fourth-order valence-corrected chi connectivity index (χ4v) is 1.79. The fourth-order valence-electron chi connectivity index (χ4n) is 1.47. The third-order valence-corrected chi connectivity index (χ3v) is 3.20. The largest absolute Gasteiger partial charge is 0.396 e. The smallest absolute Gasteiger partial charge is 0.0595 e. The molecule has 1 aromatic rings. The monoisotopic (exact) mass is 261 g/mol. The zero-order valence-electron chi connectivity index (χ0n) is 9.42. The molecule has 0 aromatic heterocycles. The molecular weight excluding hydrogens is 245 g/mol. The van der Waals surface area contributed by atoms with Gasteiger partial charge >= 0.3 is 0 Å². The summed E-state index contributed by atoms with van der Waals surface area (Å²) in [5.74, 6) is 0. The molecule has 0 heterocycles. The maximum absolute atomic E-state index is 8.71. The summed E-state index contributed by atoms with van der Waals surface area (Å²) in [5.41, 5.74) is 1.19. The number of aliphatic hydroxyl groups excluding tert-OH is 1. The highest BCUT2D eigenvalue weighted by molar-refractivity contribution is 6.42. The van der Waals surface area contributed by atoms with Gasteiger partial charge in [-0.05, 0) is 37.6 Å². The lowest BCUT2D eigenvalue weighted by Crippen LogP contribution is -2.23. The zero-order valence-corrected chi connectivity index (χ0v) is 10.9. The molecule has 0 spiro atoms. The number of nitrogens with zero attached hydrogens (tertiary/aromatic N) is 1. The van der Waals surface area contributed by atoms with Crippen LogP contribution in [-0.4, -0.2) is 36.8 Å². The van der Waals surface area contributed by atoms with Gasteiger partial charge in [0.2, 0.25) is 0 Å². The van der Waals surface area contributed by atoms with Crippen LogP contribution in [0.15, 0.2) is 18.2 Å². The summed E-state index contributed by atoms with van der Waals surface area (Å²) in [7, 11) is 2.05. The molecule has 0 aliphatic rings. The second-order valence-corrected chi connectivity index (χ2v) is 4.69. The summed E-state index contributed by atoms with van der Waals surface area (Å²) in [4.78, 5) is 2.19. The van der Waals surface area contributed by atoms with Crippen molar-refractivity contribution in [2.24, 2.45) is 0 Å². The van der Waals surface area contributed by atoms with Crippen molar-refractivity contribution < 1.29 is 5.11 Å². The molecule has 0 amide bonds. The minimum Gasteiger partial charge on any atom is -0.396 e. The molecule has 4 heteroatoms. The summed E-state index contributed by atoms with van der Waals surface area (Å²) < 4.78 is 0. The number of halogens is 2. The Bertz CT molecular complexity index is 331. The molecule has 0 bridgehead atoms. The van der Waals surface area contributed by atoms with E-state index in [4.69, 9.17) is 28.3 Å². The second-order valence-electron chi connectivity index (χ2n) is 3.88. The molecule has 16 heavy (non-hydrogen) atoms. The minimum atomic E-state index is 0.247. The summed E-state index contributed by atoms with van der Waals surface area (Å²) in [6.45, 7) is 2.12. The molecule has 2 nitrogen and oxygen atoms in total. The maximum Gasteiger partial charge on any atom is 0.0595 e. The fraction of sp³-hybridized carbons (Fsp3) is 0.500. The molecule has 0 saturated carbocycles. The van der Waals surface area contributed by atoms with Crippen LogP contribution in [0.5, 0.6) is 0 Å². The van der Waals surface area contributed by atoms with Gasteiger partial charge in [0.1, 0.15) is 0 Å². The van der Waals surface area contributed by atoms with Crippen molar-refractivity contribution in [3.8, 4) is 0 Å². The lowest BCUT2D eigenvalue weighted by Gasteiger charge is -2.15. The Morgan fingerprint density at radius 1 is 1.19 bits per heavy atom. The van der Waals surface area contributed by atoms with Crippen molar-refractivity contribution in [1.29, 1.82) is 0 Å². The average molecular weight is 262 g/mol. The first kappa shape index (κ1) is 13.8. The lowest BCUT2D eigenvalue weighted by atomic mass is 10.1. The van der Waals surface area contributed by atoms with E-state index in [2.05, 4.69) is 4.90 Å². The number of aliphatic hydroxyl groups is 1. The molecule has 0 fully saturated rings. The second kappa shape index (κ2) is 7.13. The van der Waals surface area contributed by atoms with E-state index in [9.17, 15) is 0 Å². The normalized spacial score (nSPS) is 11.1. The molecule has 1 aromatic carbocycles. The number of benzene rings is 1. The van der Waals surface area contributed by atoms with Crippen molar-refractivity contribution in [3.63, 3.8) is 0 Å². The SMILES string of the molecule is CN(CCCO)CCc1ccc(Cl)c(Cl)c1. The predicted octanol–water partition coefficient (Wildman–Crippen LogP) is 2.85. The van der Waals surface area contributed by atoms with Gasteiger partial charge in [0.15, 0.2) is 0 Å².